The van der Waals surface area contributed by atoms with Crippen LogP contribution in [-0.2, 0) is 4.79 Å². The number of phenolic OH excluding ortho intramolecular Hbond substituents is 1. The summed E-state index contributed by atoms with van der Waals surface area (Å²) in [5.74, 6) is 1.12. The Bertz CT molecular complexity index is 1000. The Morgan fingerprint density at radius 2 is 1.93 bits per heavy atom. The number of hydrogen-bond acceptors (Lipinski definition) is 5. The molecule has 6 nitrogen and oxygen atoms in total. The number of aromatic nitrogens is 1. The van der Waals surface area contributed by atoms with Gasteiger partial charge in [-0.3, -0.25) is 9.78 Å². The second kappa shape index (κ2) is 9.28. The number of amides is 1. The minimum absolute atomic E-state index is 0.0543. The summed E-state index contributed by atoms with van der Waals surface area (Å²) < 4.78 is 10.7. The smallest absolute Gasteiger partial charge is 0.220 e. The van der Waals surface area contributed by atoms with Gasteiger partial charge in [0.1, 0.15) is 11.3 Å². The molecule has 0 saturated carbocycles. The van der Waals surface area contributed by atoms with E-state index in [-0.39, 0.29) is 11.7 Å². The zero-order chi connectivity index (χ0) is 20.8. The third-order valence-corrected chi connectivity index (χ3v) is 4.89. The van der Waals surface area contributed by atoms with Gasteiger partial charge in [0.2, 0.25) is 5.91 Å². The fourth-order valence-electron chi connectivity index (χ4n) is 3.32. The number of nitrogens with zero attached hydrogens (tertiary/aromatic N) is 1. The lowest BCUT2D eigenvalue weighted by atomic mass is 9.95. The van der Waals surface area contributed by atoms with Gasteiger partial charge < -0.3 is 19.9 Å². The number of carbonyl (C=O) groups excluding carboxylic acids is 1. The first-order valence-electron chi connectivity index (χ1n) is 9.67. The van der Waals surface area contributed by atoms with Crippen molar-refractivity contribution in [2.45, 2.75) is 32.2 Å². The molecule has 3 aromatic rings. The molecular formula is C23H26N2O4. The molecule has 0 fully saturated rings. The molecule has 0 saturated heterocycles. The minimum Gasteiger partial charge on any atom is -0.505 e. The summed E-state index contributed by atoms with van der Waals surface area (Å²) in [5, 5.41) is 14.8. The molecule has 0 spiro atoms. The largest absolute Gasteiger partial charge is 0.505 e. The zero-order valence-corrected chi connectivity index (χ0v) is 16.9. The summed E-state index contributed by atoms with van der Waals surface area (Å²) in [6.07, 6.45) is 3.79. The molecule has 152 valence electrons. The molecule has 0 aliphatic carbocycles. The van der Waals surface area contributed by atoms with Crippen LogP contribution in [0, 0.1) is 0 Å². The third-order valence-electron chi connectivity index (χ3n) is 4.89. The van der Waals surface area contributed by atoms with E-state index in [4.69, 9.17) is 9.47 Å². The van der Waals surface area contributed by atoms with E-state index in [2.05, 4.69) is 10.3 Å². The lowest BCUT2D eigenvalue weighted by Gasteiger charge is -2.22. The van der Waals surface area contributed by atoms with Gasteiger partial charge in [-0.15, -0.1) is 0 Å². The molecule has 0 radical (unpaired) electrons. The number of rotatable bonds is 8. The summed E-state index contributed by atoms with van der Waals surface area (Å²) in [4.78, 5) is 16.8. The average Bonchev–Trinajstić information content (AvgIpc) is 2.76. The zero-order valence-electron chi connectivity index (χ0n) is 16.9. The van der Waals surface area contributed by atoms with E-state index >= 15 is 0 Å². The van der Waals surface area contributed by atoms with Crippen LogP contribution in [0.4, 0.5) is 0 Å². The standard InChI is InChI=1S/C23H26N2O4/c1-4-5-8-20(26)25-21(16-10-12-18(28-2)19(14-16)29-3)17-11-9-15-7-6-13-24-22(15)23(17)27/h6-7,9-14,21,27H,4-5,8H2,1-3H3,(H,25,26)/t21-/m0/s1. The van der Waals surface area contributed by atoms with E-state index in [1.165, 1.54) is 0 Å². The van der Waals surface area contributed by atoms with Crippen molar-refractivity contribution in [1.29, 1.82) is 0 Å². The summed E-state index contributed by atoms with van der Waals surface area (Å²) in [6.45, 7) is 2.04. The molecule has 29 heavy (non-hydrogen) atoms. The summed E-state index contributed by atoms with van der Waals surface area (Å²) in [7, 11) is 3.14. The molecule has 1 heterocycles. The predicted molar refractivity (Wildman–Crippen MR) is 112 cm³/mol. The molecule has 1 aromatic heterocycles. The lowest BCUT2D eigenvalue weighted by Crippen LogP contribution is -2.29. The first kappa shape index (κ1) is 20.5. The Morgan fingerprint density at radius 1 is 1.14 bits per heavy atom. The number of fused-ring (bicyclic) bond motifs is 1. The van der Waals surface area contributed by atoms with E-state index in [1.54, 1.807) is 26.5 Å². The maximum atomic E-state index is 12.5. The highest BCUT2D eigenvalue weighted by Gasteiger charge is 2.23. The van der Waals surface area contributed by atoms with Gasteiger partial charge in [0, 0.05) is 23.6 Å². The topological polar surface area (TPSA) is 80.7 Å². The fourth-order valence-corrected chi connectivity index (χ4v) is 3.32. The van der Waals surface area contributed by atoms with Crippen LogP contribution in [0.15, 0.2) is 48.7 Å². The van der Waals surface area contributed by atoms with Crippen molar-refractivity contribution in [3.63, 3.8) is 0 Å². The van der Waals surface area contributed by atoms with Gasteiger partial charge in [0.05, 0.1) is 20.3 Å². The Balaban J connectivity index is 2.09. The molecule has 0 aliphatic heterocycles. The van der Waals surface area contributed by atoms with Crippen LogP contribution in [0.2, 0.25) is 0 Å². The van der Waals surface area contributed by atoms with E-state index in [9.17, 15) is 9.90 Å². The lowest BCUT2D eigenvalue weighted by molar-refractivity contribution is -0.121. The number of ether oxygens (including phenoxy) is 2. The predicted octanol–water partition coefficient (Wildman–Crippen LogP) is 4.35. The number of benzene rings is 2. The quantitative estimate of drug-likeness (QED) is 0.594. The van der Waals surface area contributed by atoms with Crippen molar-refractivity contribution < 1.29 is 19.4 Å². The van der Waals surface area contributed by atoms with Crippen LogP contribution in [0.25, 0.3) is 10.9 Å². The first-order valence-corrected chi connectivity index (χ1v) is 9.67. The van der Waals surface area contributed by atoms with Gasteiger partial charge in [-0.25, -0.2) is 0 Å². The molecule has 2 N–H and O–H groups in total. The molecule has 0 unspecified atom stereocenters. The van der Waals surface area contributed by atoms with Gasteiger partial charge in [-0.1, -0.05) is 37.6 Å². The molecule has 1 atom stereocenters. The maximum Gasteiger partial charge on any atom is 0.220 e. The SMILES string of the molecule is CCCCC(=O)N[C@@H](c1ccc(OC)c(OC)c1)c1ccc2cccnc2c1O. The molecule has 0 aliphatic rings. The number of aromatic hydroxyl groups is 1. The highest BCUT2D eigenvalue weighted by atomic mass is 16.5. The highest BCUT2D eigenvalue weighted by Crippen LogP contribution is 2.37. The monoisotopic (exact) mass is 394 g/mol. The normalized spacial score (nSPS) is 11.8. The van der Waals surface area contributed by atoms with E-state index in [0.29, 0.717) is 29.0 Å². The molecule has 0 bridgehead atoms. The second-order valence-corrected chi connectivity index (χ2v) is 6.80. The van der Waals surface area contributed by atoms with Gasteiger partial charge in [-0.05, 0) is 30.2 Å². The number of nitrogens with one attached hydrogen (secondary N) is 1. The number of pyridine rings is 1. The van der Waals surface area contributed by atoms with Crippen molar-refractivity contribution in [3.05, 3.63) is 59.8 Å². The number of phenols is 1. The van der Waals surface area contributed by atoms with Crippen LogP contribution >= 0.6 is 0 Å². The van der Waals surface area contributed by atoms with Gasteiger partial charge in [0.15, 0.2) is 11.5 Å². The third kappa shape index (κ3) is 4.42. The Hall–Kier alpha value is -3.28. The van der Waals surface area contributed by atoms with Crippen molar-refractivity contribution in [1.82, 2.24) is 10.3 Å². The van der Waals surface area contributed by atoms with Crippen LogP contribution in [0.5, 0.6) is 17.2 Å². The molecule has 2 aromatic carbocycles. The fraction of sp³-hybridized carbons (Fsp3) is 0.304. The Morgan fingerprint density at radius 3 is 2.66 bits per heavy atom. The Kier molecular flexibility index (Phi) is 6.54. The first-order chi connectivity index (χ1) is 14.1. The van der Waals surface area contributed by atoms with Crippen molar-refractivity contribution in [3.8, 4) is 17.2 Å². The van der Waals surface area contributed by atoms with Crippen LogP contribution in [0.3, 0.4) is 0 Å². The van der Waals surface area contributed by atoms with Crippen molar-refractivity contribution >= 4 is 16.8 Å². The Labute approximate surface area is 170 Å². The number of carbonyl (C=O) groups is 1. The van der Waals surface area contributed by atoms with E-state index in [1.807, 2.05) is 43.3 Å². The summed E-state index contributed by atoms with van der Waals surface area (Å²) in [5.41, 5.74) is 1.85. The van der Waals surface area contributed by atoms with E-state index in [0.717, 1.165) is 23.8 Å². The molecular weight excluding hydrogens is 368 g/mol. The second-order valence-electron chi connectivity index (χ2n) is 6.80. The van der Waals surface area contributed by atoms with Crippen LogP contribution in [-0.4, -0.2) is 30.2 Å². The van der Waals surface area contributed by atoms with Crippen LogP contribution < -0.4 is 14.8 Å². The molecule has 6 heteroatoms. The summed E-state index contributed by atoms with van der Waals surface area (Å²) >= 11 is 0. The summed E-state index contributed by atoms with van der Waals surface area (Å²) in [6, 6.07) is 12.3. The maximum absolute atomic E-state index is 12.5. The number of methoxy groups -OCH3 is 2. The molecule has 3 rings (SSSR count). The van der Waals surface area contributed by atoms with E-state index < -0.39 is 6.04 Å². The number of unbranched alkanes of at least 4 members (excludes halogenated alkanes) is 1. The van der Waals surface area contributed by atoms with Gasteiger partial charge >= 0.3 is 0 Å². The minimum atomic E-state index is -0.550. The van der Waals surface area contributed by atoms with Gasteiger partial charge in [-0.2, -0.15) is 0 Å². The average molecular weight is 394 g/mol. The van der Waals surface area contributed by atoms with Crippen LogP contribution in [0.1, 0.15) is 43.4 Å². The molecule has 1 amide bonds. The number of hydrogen-bond donors (Lipinski definition) is 2. The van der Waals surface area contributed by atoms with Crippen molar-refractivity contribution in [2.24, 2.45) is 0 Å². The van der Waals surface area contributed by atoms with Gasteiger partial charge in [0.25, 0.3) is 0 Å². The van der Waals surface area contributed by atoms with Crippen molar-refractivity contribution in [2.75, 3.05) is 14.2 Å². The highest BCUT2D eigenvalue weighted by molar-refractivity contribution is 5.86.